The van der Waals surface area contributed by atoms with E-state index in [-0.39, 0.29) is 60.4 Å². The zero-order chi connectivity index (χ0) is 39.8. The Kier molecular flexibility index (Phi) is 39.2. The van der Waals surface area contributed by atoms with Crippen molar-refractivity contribution in [1.82, 2.24) is 9.97 Å². The molecule has 0 fully saturated rings. The summed E-state index contributed by atoms with van der Waals surface area (Å²) < 4.78 is 29.1. The monoisotopic (exact) mass is 874 g/mol. The first kappa shape index (κ1) is 55.8. The van der Waals surface area contributed by atoms with Crippen LogP contribution < -0.4 is 5.73 Å². The molecule has 0 saturated carbocycles. The molecule has 2 aromatic heterocycles. The van der Waals surface area contributed by atoms with E-state index in [4.69, 9.17) is 29.9 Å². The number of aromatic nitrogens is 2. The summed E-state index contributed by atoms with van der Waals surface area (Å²) in [4.78, 5) is 61.6. The number of hydrogen-bond acceptors (Lipinski definition) is 17. The number of aldehydes is 1. The molecule has 0 saturated heterocycles. The van der Waals surface area contributed by atoms with Crippen molar-refractivity contribution in [2.45, 2.75) is 80.6 Å². The highest BCUT2D eigenvalue weighted by molar-refractivity contribution is 9.09. The maximum atomic E-state index is 11.3. The third kappa shape index (κ3) is 28.7. The molecule has 296 valence electrons. The summed E-state index contributed by atoms with van der Waals surface area (Å²) in [6, 6.07) is 1.94. The molecule has 15 nitrogen and oxygen atoms in total. The van der Waals surface area contributed by atoms with Crippen LogP contribution >= 0.6 is 64.3 Å². The lowest BCUT2D eigenvalue weighted by Crippen LogP contribution is -2.26. The Hall–Kier alpha value is -2.90. The quantitative estimate of drug-likeness (QED) is 0.0526. The SMILES string of the molecule is CCOC(=O)C(=O)CBr.CCOC(=O)c1csc(C(C)OCC)n1.CCOC(=O)c1csc(C=O)n1.CCOC(C)C#N.CCOC(C)C(N)=S.S. The van der Waals surface area contributed by atoms with Gasteiger partial charge in [-0.2, -0.15) is 18.8 Å². The second kappa shape index (κ2) is 36.5. The van der Waals surface area contributed by atoms with E-state index >= 15 is 0 Å². The van der Waals surface area contributed by atoms with Gasteiger partial charge in [0.05, 0.1) is 31.2 Å². The number of carbonyl (C=O) groups is 5. The van der Waals surface area contributed by atoms with Crippen molar-refractivity contribution in [3.63, 3.8) is 0 Å². The second-order valence-electron chi connectivity index (χ2n) is 8.80. The number of carbonyl (C=O) groups excluding carboxylic acids is 5. The molecule has 2 aromatic rings. The highest BCUT2D eigenvalue weighted by Crippen LogP contribution is 2.21. The number of hydrogen-bond donors (Lipinski definition) is 1. The Labute approximate surface area is 334 Å². The lowest BCUT2D eigenvalue weighted by atomic mass is 10.4. The molecule has 0 aromatic carbocycles. The number of ether oxygens (including phenoxy) is 6. The minimum absolute atomic E-state index is 0. The molecule has 0 radical (unpaired) electrons. The number of nitrogens with zero attached hydrogens (tertiary/aromatic N) is 3. The lowest BCUT2D eigenvalue weighted by Gasteiger charge is -2.07. The van der Waals surface area contributed by atoms with Crippen LogP contribution in [0.25, 0.3) is 0 Å². The van der Waals surface area contributed by atoms with Gasteiger partial charge in [-0.3, -0.25) is 9.59 Å². The molecule has 0 bridgehead atoms. The fraction of sp³-hybridized carbons (Fsp3) is 0.594. The third-order valence-electron chi connectivity index (χ3n) is 4.92. The number of esters is 3. The van der Waals surface area contributed by atoms with Gasteiger partial charge < -0.3 is 34.2 Å². The molecule has 0 aliphatic rings. The summed E-state index contributed by atoms with van der Waals surface area (Å²) in [7, 11) is 0. The number of alkyl halides is 1. The molecule has 3 unspecified atom stereocenters. The van der Waals surface area contributed by atoms with Gasteiger partial charge in [-0.15, -0.1) is 22.7 Å². The number of rotatable bonds is 16. The summed E-state index contributed by atoms with van der Waals surface area (Å²) in [6.45, 7) is 19.2. The van der Waals surface area contributed by atoms with Crippen molar-refractivity contribution in [3.05, 3.63) is 32.2 Å². The van der Waals surface area contributed by atoms with E-state index in [1.54, 1.807) is 33.1 Å². The van der Waals surface area contributed by atoms with Gasteiger partial charge in [0.1, 0.15) is 28.3 Å². The van der Waals surface area contributed by atoms with E-state index in [9.17, 15) is 24.0 Å². The van der Waals surface area contributed by atoms with E-state index < -0.39 is 17.7 Å². The van der Waals surface area contributed by atoms with Gasteiger partial charge in [0.2, 0.25) is 5.78 Å². The normalized spacial score (nSPS) is 11.0. The van der Waals surface area contributed by atoms with Gasteiger partial charge >= 0.3 is 17.9 Å². The third-order valence-corrected chi connectivity index (χ3v) is 7.54. The van der Waals surface area contributed by atoms with Gasteiger partial charge in [0.15, 0.2) is 22.7 Å². The fourth-order valence-corrected chi connectivity index (χ4v) is 4.30. The number of Topliss-reactive ketones (excluding diaryl/α,β-unsaturated/α-hetero) is 1. The van der Waals surface area contributed by atoms with Crippen LogP contribution in [0.4, 0.5) is 0 Å². The first-order valence-corrected chi connectivity index (χ1v) is 19.0. The molecule has 2 N–H and O–H groups in total. The average molecular weight is 876 g/mol. The molecule has 0 amide bonds. The van der Waals surface area contributed by atoms with Gasteiger partial charge in [0, 0.05) is 30.6 Å². The van der Waals surface area contributed by atoms with Crippen LogP contribution in [0.15, 0.2) is 10.8 Å². The van der Waals surface area contributed by atoms with Crippen molar-refractivity contribution >= 4 is 99.3 Å². The smallest absolute Gasteiger partial charge is 0.375 e. The summed E-state index contributed by atoms with van der Waals surface area (Å²) in [5.74, 6) is -2.17. The molecule has 2 rings (SSSR count). The molecular weight excluding hydrogens is 825 g/mol. The van der Waals surface area contributed by atoms with Gasteiger partial charge in [-0.1, -0.05) is 28.1 Å². The number of halogens is 1. The fourth-order valence-electron chi connectivity index (χ4n) is 2.62. The molecule has 3 atom stereocenters. The molecule has 2 heterocycles. The first-order chi connectivity index (χ1) is 24.2. The zero-order valence-corrected chi connectivity index (χ0v) is 36.0. The highest BCUT2D eigenvalue weighted by atomic mass is 79.9. The van der Waals surface area contributed by atoms with Gasteiger partial charge in [0.25, 0.3) is 0 Å². The Morgan fingerprint density at radius 2 is 1.33 bits per heavy atom. The van der Waals surface area contributed by atoms with Crippen molar-refractivity contribution < 1.29 is 52.4 Å². The Bertz CT molecular complexity index is 1340. The van der Waals surface area contributed by atoms with Crippen LogP contribution in [0.5, 0.6) is 0 Å². The Morgan fingerprint density at radius 1 is 0.846 bits per heavy atom. The van der Waals surface area contributed by atoms with Crippen LogP contribution in [0, 0.1) is 11.3 Å². The van der Waals surface area contributed by atoms with E-state index in [1.807, 2.05) is 40.7 Å². The van der Waals surface area contributed by atoms with Crippen molar-refractivity contribution in [3.8, 4) is 6.07 Å². The van der Waals surface area contributed by atoms with Crippen LogP contribution in [-0.2, 0) is 38.0 Å². The summed E-state index contributed by atoms with van der Waals surface area (Å²) in [5, 5.41) is 12.4. The molecule has 0 aliphatic heterocycles. The number of thiocarbonyl (C=S) groups is 1. The van der Waals surface area contributed by atoms with Crippen LogP contribution in [0.3, 0.4) is 0 Å². The minimum atomic E-state index is -0.769. The molecule has 52 heavy (non-hydrogen) atoms. The van der Waals surface area contributed by atoms with Crippen molar-refractivity contribution in [2.24, 2.45) is 5.73 Å². The Morgan fingerprint density at radius 3 is 1.67 bits per heavy atom. The van der Waals surface area contributed by atoms with Gasteiger partial charge in [-0.25, -0.2) is 24.4 Å². The number of thiazole rings is 2. The molecule has 20 heteroatoms. The highest BCUT2D eigenvalue weighted by Gasteiger charge is 2.15. The summed E-state index contributed by atoms with van der Waals surface area (Å²) >= 11 is 10.0. The largest absolute Gasteiger partial charge is 0.461 e. The predicted octanol–water partition coefficient (Wildman–Crippen LogP) is 5.81. The minimum Gasteiger partial charge on any atom is -0.461 e. The van der Waals surface area contributed by atoms with Crippen molar-refractivity contribution in [1.29, 1.82) is 5.26 Å². The van der Waals surface area contributed by atoms with E-state index in [2.05, 4.69) is 47.6 Å². The summed E-state index contributed by atoms with van der Waals surface area (Å²) in [5.41, 5.74) is 5.79. The standard InChI is InChI=1S/C10H15NO3S.C7H7NO3S.C5H7BrO3.C5H11NOS.C5H9NO.H2S/c1-4-13-7(3)9-11-8(6-15-9)10(12)14-5-2;1-2-11-7(10)5-4-12-6(3-9)8-5;1-2-9-5(8)4(7)3-6;1-3-7-4(2)5(6)8;1-3-7-5(2)4-6;/h6-7H,4-5H2,1-3H3;3-4H,2H2,1H3;2-3H2,1H3;4H,3H2,1-2H3,(H2,6,8);5H,3H2,1-2H3;1H2. The number of nitrogens with two attached hydrogens (primary N) is 1. The number of ketones is 1. The van der Waals surface area contributed by atoms with Crippen LogP contribution in [-0.4, -0.2) is 102 Å². The molecule has 0 aliphatic carbocycles. The number of nitriles is 1. The Balaban J connectivity index is -0.000000284. The van der Waals surface area contributed by atoms with Gasteiger partial charge in [-0.05, 0) is 62.3 Å². The summed E-state index contributed by atoms with van der Waals surface area (Å²) in [6.07, 6.45) is 0.219. The average Bonchev–Trinajstić information content (AvgIpc) is 3.81. The predicted molar refractivity (Wildman–Crippen MR) is 212 cm³/mol. The zero-order valence-electron chi connectivity index (χ0n) is 30.9. The second-order valence-corrected chi connectivity index (χ2v) is 11.6. The maximum Gasteiger partial charge on any atom is 0.375 e. The molecular formula is C32H51BrN4O11S4. The van der Waals surface area contributed by atoms with E-state index in [0.29, 0.717) is 50.0 Å². The maximum absolute atomic E-state index is 11.3. The first-order valence-electron chi connectivity index (χ1n) is 15.7. The lowest BCUT2D eigenvalue weighted by molar-refractivity contribution is -0.152. The molecule has 0 spiro atoms. The van der Waals surface area contributed by atoms with E-state index in [0.717, 1.165) is 16.3 Å². The van der Waals surface area contributed by atoms with Crippen LogP contribution in [0.1, 0.15) is 104 Å². The van der Waals surface area contributed by atoms with Crippen LogP contribution in [0.2, 0.25) is 0 Å². The van der Waals surface area contributed by atoms with Crippen molar-refractivity contribution in [2.75, 3.05) is 45.0 Å². The van der Waals surface area contributed by atoms with E-state index in [1.165, 1.54) is 16.7 Å². The topological polar surface area (TPSA) is 216 Å².